The standard InChI is InChI=1S/C15H25N3O4S/c1-11(15(2,3)10-17(4)5)16-13-8-7-12(23(6,21)22)9-14(13)18(19)20/h7-9,11,16H,10H2,1-6H3. The zero-order valence-electron chi connectivity index (χ0n) is 14.5. The Balaban J connectivity index is 3.16. The highest BCUT2D eigenvalue weighted by molar-refractivity contribution is 7.90. The maximum atomic E-state index is 11.6. The van der Waals surface area contributed by atoms with Crippen LogP contribution in [0.3, 0.4) is 0 Å². The van der Waals surface area contributed by atoms with Crippen molar-refractivity contribution in [3.05, 3.63) is 28.3 Å². The van der Waals surface area contributed by atoms with Crippen LogP contribution >= 0.6 is 0 Å². The van der Waals surface area contributed by atoms with E-state index in [1.54, 1.807) is 0 Å². The van der Waals surface area contributed by atoms with Crippen LogP contribution in [0.1, 0.15) is 20.8 Å². The van der Waals surface area contributed by atoms with E-state index in [4.69, 9.17) is 0 Å². The number of hydrogen-bond acceptors (Lipinski definition) is 6. The maximum absolute atomic E-state index is 11.6. The van der Waals surface area contributed by atoms with Crippen LogP contribution in [0.4, 0.5) is 11.4 Å². The smallest absolute Gasteiger partial charge is 0.293 e. The Labute approximate surface area is 137 Å². The fraction of sp³-hybridized carbons (Fsp3) is 0.600. The van der Waals surface area contributed by atoms with Gasteiger partial charge in [0, 0.05) is 24.9 Å². The number of sulfone groups is 1. The van der Waals surface area contributed by atoms with E-state index >= 15 is 0 Å². The van der Waals surface area contributed by atoms with E-state index < -0.39 is 14.8 Å². The molecule has 0 aliphatic rings. The summed E-state index contributed by atoms with van der Waals surface area (Å²) in [4.78, 5) is 12.7. The van der Waals surface area contributed by atoms with Gasteiger partial charge in [0.25, 0.3) is 5.69 Å². The van der Waals surface area contributed by atoms with Gasteiger partial charge in [-0.25, -0.2) is 8.42 Å². The van der Waals surface area contributed by atoms with Crippen LogP contribution in [0.25, 0.3) is 0 Å². The first-order chi connectivity index (χ1) is 10.3. The quantitative estimate of drug-likeness (QED) is 0.603. The lowest BCUT2D eigenvalue weighted by Gasteiger charge is -2.35. The molecule has 0 amide bonds. The molecule has 0 saturated heterocycles. The number of hydrogen-bond donors (Lipinski definition) is 1. The molecule has 0 spiro atoms. The molecule has 1 atom stereocenters. The van der Waals surface area contributed by atoms with Crippen molar-refractivity contribution in [2.45, 2.75) is 31.7 Å². The van der Waals surface area contributed by atoms with Crippen molar-refractivity contribution in [2.75, 3.05) is 32.2 Å². The van der Waals surface area contributed by atoms with Gasteiger partial charge in [-0.2, -0.15) is 0 Å². The van der Waals surface area contributed by atoms with Crippen LogP contribution in [0.2, 0.25) is 0 Å². The number of benzene rings is 1. The summed E-state index contributed by atoms with van der Waals surface area (Å²) in [5, 5.41) is 14.4. The summed E-state index contributed by atoms with van der Waals surface area (Å²) in [6, 6.07) is 3.89. The molecule has 0 fully saturated rings. The van der Waals surface area contributed by atoms with Gasteiger partial charge >= 0.3 is 0 Å². The average Bonchev–Trinajstić information content (AvgIpc) is 2.35. The summed E-state index contributed by atoms with van der Waals surface area (Å²) in [6.07, 6.45) is 1.03. The fourth-order valence-corrected chi connectivity index (χ4v) is 3.04. The molecule has 1 unspecified atom stereocenters. The zero-order valence-corrected chi connectivity index (χ0v) is 15.3. The van der Waals surface area contributed by atoms with Gasteiger partial charge in [-0.15, -0.1) is 0 Å². The van der Waals surface area contributed by atoms with E-state index in [2.05, 4.69) is 24.1 Å². The second-order valence-corrected chi connectivity index (χ2v) is 8.82. The Kier molecular flexibility index (Phi) is 5.76. The van der Waals surface area contributed by atoms with Crippen LogP contribution in [-0.4, -0.2) is 51.2 Å². The van der Waals surface area contributed by atoms with Crippen molar-refractivity contribution >= 4 is 21.2 Å². The molecule has 130 valence electrons. The molecule has 0 radical (unpaired) electrons. The Bertz CT molecular complexity index is 684. The van der Waals surface area contributed by atoms with E-state index in [0.29, 0.717) is 5.69 Å². The third kappa shape index (κ3) is 5.18. The van der Waals surface area contributed by atoms with Crippen molar-refractivity contribution in [1.29, 1.82) is 0 Å². The third-order valence-corrected chi connectivity index (χ3v) is 4.97. The minimum absolute atomic E-state index is 0.0484. The summed E-state index contributed by atoms with van der Waals surface area (Å²) < 4.78 is 23.1. The van der Waals surface area contributed by atoms with Crippen molar-refractivity contribution in [3.8, 4) is 0 Å². The minimum atomic E-state index is -3.49. The number of rotatable bonds is 7. The molecule has 0 aliphatic carbocycles. The van der Waals surface area contributed by atoms with Crippen molar-refractivity contribution in [3.63, 3.8) is 0 Å². The normalized spacial score (nSPS) is 13.9. The number of nitrogens with one attached hydrogen (secondary N) is 1. The van der Waals surface area contributed by atoms with Gasteiger partial charge in [0.15, 0.2) is 9.84 Å². The molecule has 8 heteroatoms. The van der Waals surface area contributed by atoms with Gasteiger partial charge in [0.2, 0.25) is 0 Å². The molecule has 23 heavy (non-hydrogen) atoms. The summed E-state index contributed by atoms with van der Waals surface area (Å²) in [5.41, 5.74) is -0.0467. The SMILES string of the molecule is CC(Nc1ccc(S(C)(=O)=O)cc1[N+](=O)[O-])C(C)(C)CN(C)C. The van der Waals surface area contributed by atoms with Crippen molar-refractivity contribution < 1.29 is 13.3 Å². The van der Waals surface area contributed by atoms with E-state index in [0.717, 1.165) is 18.9 Å². The van der Waals surface area contributed by atoms with Crippen LogP contribution in [-0.2, 0) is 9.84 Å². The molecule has 1 rings (SSSR count). The van der Waals surface area contributed by atoms with Crippen LogP contribution in [0, 0.1) is 15.5 Å². The second kappa shape index (κ2) is 6.84. The van der Waals surface area contributed by atoms with Gasteiger partial charge in [-0.05, 0) is 38.6 Å². The number of anilines is 1. The highest BCUT2D eigenvalue weighted by Crippen LogP contribution is 2.31. The molecule has 0 aromatic heterocycles. The van der Waals surface area contributed by atoms with Crippen molar-refractivity contribution in [1.82, 2.24) is 4.90 Å². The maximum Gasteiger partial charge on any atom is 0.293 e. The van der Waals surface area contributed by atoms with E-state index in [-0.39, 0.29) is 22.0 Å². The molecular formula is C15H25N3O4S. The summed E-state index contributed by atoms with van der Waals surface area (Å²) >= 11 is 0. The predicted molar refractivity (Wildman–Crippen MR) is 91.6 cm³/mol. The molecule has 0 aliphatic heterocycles. The number of nitrogens with zero attached hydrogens (tertiary/aromatic N) is 2. The van der Waals surface area contributed by atoms with Gasteiger partial charge in [-0.3, -0.25) is 10.1 Å². The highest BCUT2D eigenvalue weighted by atomic mass is 32.2. The van der Waals surface area contributed by atoms with Crippen LogP contribution < -0.4 is 5.32 Å². The van der Waals surface area contributed by atoms with Gasteiger partial charge in [-0.1, -0.05) is 13.8 Å². The molecule has 1 aromatic rings. The highest BCUT2D eigenvalue weighted by Gasteiger charge is 2.28. The Morgan fingerprint density at radius 3 is 2.35 bits per heavy atom. The number of nitro benzene ring substituents is 1. The molecule has 1 aromatic carbocycles. The van der Waals surface area contributed by atoms with Crippen LogP contribution in [0.5, 0.6) is 0 Å². The Morgan fingerprint density at radius 1 is 1.35 bits per heavy atom. The molecular weight excluding hydrogens is 318 g/mol. The van der Waals surface area contributed by atoms with Gasteiger partial charge in [0.05, 0.1) is 9.82 Å². The lowest BCUT2D eigenvalue weighted by Crippen LogP contribution is -2.41. The number of nitro groups is 1. The van der Waals surface area contributed by atoms with E-state index in [1.807, 2.05) is 21.0 Å². The monoisotopic (exact) mass is 343 g/mol. The molecule has 7 nitrogen and oxygen atoms in total. The predicted octanol–water partition coefficient (Wildman–Crippen LogP) is 2.39. The molecule has 0 saturated carbocycles. The summed E-state index contributed by atoms with van der Waals surface area (Å²) in [7, 11) is 0.453. The Hall–Kier alpha value is -1.67. The first kappa shape index (κ1) is 19.4. The first-order valence-electron chi connectivity index (χ1n) is 7.24. The van der Waals surface area contributed by atoms with E-state index in [9.17, 15) is 18.5 Å². The summed E-state index contributed by atoms with van der Waals surface area (Å²) in [6.45, 7) is 6.90. The fourth-order valence-electron chi connectivity index (χ4n) is 2.40. The molecule has 1 N–H and O–H groups in total. The van der Waals surface area contributed by atoms with Gasteiger partial charge < -0.3 is 10.2 Å². The topological polar surface area (TPSA) is 92.5 Å². The Morgan fingerprint density at radius 2 is 1.91 bits per heavy atom. The average molecular weight is 343 g/mol. The lowest BCUT2D eigenvalue weighted by atomic mass is 9.84. The molecule has 0 heterocycles. The third-order valence-electron chi connectivity index (χ3n) is 3.86. The van der Waals surface area contributed by atoms with Crippen molar-refractivity contribution in [2.24, 2.45) is 5.41 Å². The summed E-state index contributed by atoms with van der Waals surface area (Å²) in [5.74, 6) is 0. The van der Waals surface area contributed by atoms with Crippen LogP contribution in [0.15, 0.2) is 23.1 Å². The van der Waals surface area contributed by atoms with Gasteiger partial charge in [0.1, 0.15) is 5.69 Å². The zero-order chi connectivity index (χ0) is 18.0. The molecule has 0 bridgehead atoms. The largest absolute Gasteiger partial charge is 0.376 e. The lowest BCUT2D eigenvalue weighted by molar-refractivity contribution is -0.384. The van der Waals surface area contributed by atoms with E-state index in [1.165, 1.54) is 12.1 Å². The first-order valence-corrected chi connectivity index (χ1v) is 9.13. The minimum Gasteiger partial charge on any atom is -0.376 e. The second-order valence-electron chi connectivity index (χ2n) is 6.80.